The van der Waals surface area contributed by atoms with Crippen molar-refractivity contribution < 1.29 is 22.7 Å². The summed E-state index contributed by atoms with van der Waals surface area (Å²) in [5, 5.41) is 2.97. The summed E-state index contributed by atoms with van der Waals surface area (Å²) in [6.45, 7) is 1.96. The van der Waals surface area contributed by atoms with Crippen LogP contribution in [0.25, 0.3) is 11.0 Å². The average Bonchev–Trinajstić information content (AvgIpc) is 3.15. The van der Waals surface area contributed by atoms with E-state index in [4.69, 9.17) is 10.5 Å². The number of methoxy groups -OCH3 is 1. The lowest BCUT2D eigenvalue weighted by molar-refractivity contribution is -0.121. The number of nitrogens with one attached hydrogen (secondary N) is 2. The van der Waals surface area contributed by atoms with Gasteiger partial charge in [-0.1, -0.05) is 12.1 Å². The first-order valence-corrected chi connectivity index (χ1v) is 14.3. The number of carbonyl (C=O) groups is 2. The SMILES string of the molecule is COc1cc(NC(=O)C2CCC(n3c(=O)n(CCNS(C)(=O)=O)c4c(C(N)=O)cccc43)CC2)ccc1C. The minimum absolute atomic E-state index is 0.0122. The van der Waals surface area contributed by atoms with Crippen LogP contribution in [0, 0.1) is 12.8 Å². The standard InChI is InChI=1S/C26H33N5O6S/c1-16-7-10-18(15-22(16)37-2)29-25(33)17-8-11-19(12-9-17)31-21-6-4-5-20(24(27)32)23(21)30(26(31)34)14-13-28-38(3,35)36/h4-7,10,15,17,19,28H,8-9,11-14H2,1-3H3,(H2,27,32)(H,29,33). The van der Waals surface area contributed by atoms with Crippen molar-refractivity contribution in [3.63, 3.8) is 0 Å². The van der Waals surface area contributed by atoms with Crippen LogP contribution in [0.1, 0.15) is 47.6 Å². The summed E-state index contributed by atoms with van der Waals surface area (Å²) in [6, 6.07) is 10.3. The fourth-order valence-corrected chi connectivity index (χ4v) is 5.64. The zero-order chi connectivity index (χ0) is 27.6. The molecule has 2 amide bonds. The third-order valence-corrected chi connectivity index (χ3v) is 7.78. The van der Waals surface area contributed by atoms with E-state index in [0.717, 1.165) is 11.8 Å². The summed E-state index contributed by atoms with van der Waals surface area (Å²) in [7, 11) is -1.87. The highest BCUT2D eigenvalue weighted by Crippen LogP contribution is 2.35. The van der Waals surface area contributed by atoms with Gasteiger partial charge in [0.25, 0.3) is 5.91 Å². The number of sulfonamides is 1. The number of carbonyl (C=O) groups excluding carboxylic acids is 2. The van der Waals surface area contributed by atoms with E-state index < -0.39 is 15.9 Å². The number of para-hydroxylation sites is 1. The van der Waals surface area contributed by atoms with E-state index in [-0.39, 0.29) is 42.2 Å². The Balaban J connectivity index is 1.56. The Morgan fingerprint density at radius 2 is 1.84 bits per heavy atom. The lowest BCUT2D eigenvalue weighted by atomic mass is 9.85. The summed E-state index contributed by atoms with van der Waals surface area (Å²) in [5.74, 6) is -0.259. The smallest absolute Gasteiger partial charge is 0.329 e. The second-order valence-electron chi connectivity index (χ2n) is 9.69. The van der Waals surface area contributed by atoms with E-state index in [9.17, 15) is 22.8 Å². The van der Waals surface area contributed by atoms with Crippen LogP contribution in [0.5, 0.6) is 5.75 Å². The Hall–Kier alpha value is -3.64. The van der Waals surface area contributed by atoms with Crippen molar-refractivity contribution in [2.24, 2.45) is 11.7 Å². The van der Waals surface area contributed by atoms with Gasteiger partial charge in [-0.05, 0) is 56.4 Å². The fourth-order valence-electron chi connectivity index (χ4n) is 5.18. The van der Waals surface area contributed by atoms with Crippen molar-refractivity contribution in [2.45, 2.75) is 45.2 Å². The van der Waals surface area contributed by atoms with E-state index in [1.165, 1.54) is 4.57 Å². The Bertz CT molecular complexity index is 1530. The number of nitrogens with two attached hydrogens (primary N) is 1. The molecule has 0 unspecified atom stereocenters. The number of amides is 2. The molecule has 4 rings (SSSR count). The third kappa shape index (κ3) is 5.76. The first-order chi connectivity index (χ1) is 18.0. The molecule has 0 saturated heterocycles. The van der Waals surface area contributed by atoms with Crippen molar-refractivity contribution in [1.82, 2.24) is 13.9 Å². The number of hydrogen-bond donors (Lipinski definition) is 3. The minimum atomic E-state index is -3.45. The number of benzene rings is 2. The highest BCUT2D eigenvalue weighted by atomic mass is 32.2. The summed E-state index contributed by atoms with van der Waals surface area (Å²) < 4.78 is 33.8. The van der Waals surface area contributed by atoms with Gasteiger partial charge >= 0.3 is 5.69 Å². The fraction of sp³-hybridized carbons (Fsp3) is 0.423. The summed E-state index contributed by atoms with van der Waals surface area (Å²) in [5.41, 5.74) is 8.03. The second kappa shape index (κ2) is 11.0. The van der Waals surface area contributed by atoms with Gasteiger partial charge in [-0.15, -0.1) is 0 Å². The molecule has 1 aliphatic rings. The lowest BCUT2D eigenvalue weighted by Gasteiger charge is -2.28. The van der Waals surface area contributed by atoms with Crippen LogP contribution in [0.2, 0.25) is 0 Å². The molecule has 0 atom stereocenters. The van der Waals surface area contributed by atoms with E-state index in [1.54, 1.807) is 35.9 Å². The Morgan fingerprint density at radius 1 is 1.13 bits per heavy atom. The number of rotatable bonds is 9. The average molecular weight is 544 g/mol. The molecule has 1 aliphatic carbocycles. The number of anilines is 1. The molecular weight excluding hydrogens is 510 g/mol. The first-order valence-electron chi connectivity index (χ1n) is 12.4. The molecular formula is C26H33N5O6S. The predicted molar refractivity (Wildman–Crippen MR) is 145 cm³/mol. The molecule has 1 heterocycles. The molecule has 11 nitrogen and oxygen atoms in total. The minimum Gasteiger partial charge on any atom is -0.496 e. The molecule has 3 aromatic rings. The van der Waals surface area contributed by atoms with Gasteiger partial charge in [0.2, 0.25) is 15.9 Å². The van der Waals surface area contributed by atoms with Gasteiger partial charge < -0.3 is 15.8 Å². The monoisotopic (exact) mass is 543 g/mol. The van der Waals surface area contributed by atoms with Crippen LogP contribution in [0.3, 0.4) is 0 Å². The van der Waals surface area contributed by atoms with Crippen molar-refractivity contribution in [3.05, 3.63) is 58.0 Å². The van der Waals surface area contributed by atoms with Gasteiger partial charge in [0.1, 0.15) is 5.75 Å². The molecule has 204 valence electrons. The number of aryl methyl sites for hydroxylation is 1. The van der Waals surface area contributed by atoms with E-state index in [2.05, 4.69) is 10.0 Å². The lowest BCUT2D eigenvalue weighted by Crippen LogP contribution is -2.34. The number of primary amides is 1. The Kier molecular flexibility index (Phi) is 7.93. The molecule has 2 aromatic carbocycles. The zero-order valence-electron chi connectivity index (χ0n) is 21.7. The number of ether oxygens (including phenoxy) is 1. The van der Waals surface area contributed by atoms with Gasteiger partial charge in [-0.3, -0.25) is 18.7 Å². The van der Waals surface area contributed by atoms with Crippen LogP contribution in [0.4, 0.5) is 5.69 Å². The normalized spacial score (nSPS) is 17.9. The number of hydrogen-bond acceptors (Lipinski definition) is 6. The largest absolute Gasteiger partial charge is 0.496 e. The maximum absolute atomic E-state index is 13.6. The van der Waals surface area contributed by atoms with Crippen LogP contribution < -0.4 is 26.2 Å². The van der Waals surface area contributed by atoms with Crippen LogP contribution >= 0.6 is 0 Å². The first kappa shape index (κ1) is 27.4. The quantitative estimate of drug-likeness (QED) is 0.376. The highest BCUT2D eigenvalue weighted by Gasteiger charge is 2.30. The number of aromatic nitrogens is 2. The molecule has 12 heteroatoms. The van der Waals surface area contributed by atoms with Gasteiger partial charge in [0, 0.05) is 36.8 Å². The summed E-state index contributed by atoms with van der Waals surface area (Å²) in [4.78, 5) is 38.7. The van der Waals surface area contributed by atoms with E-state index in [1.807, 2.05) is 19.1 Å². The van der Waals surface area contributed by atoms with E-state index in [0.29, 0.717) is 48.2 Å². The maximum Gasteiger partial charge on any atom is 0.329 e. The molecule has 1 saturated carbocycles. The van der Waals surface area contributed by atoms with Crippen molar-refractivity contribution in [1.29, 1.82) is 0 Å². The Labute approximate surface area is 221 Å². The third-order valence-electron chi connectivity index (χ3n) is 7.05. The molecule has 1 aromatic heterocycles. The van der Waals surface area contributed by atoms with Gasteiger partial charge in [0.05, 0.1) is 30.0 Å². The number of fused-ring (bicyclic) bond motifs is 1. The predicted octanol–water partition coefficient (Wildman–Crippen LogP) is 2.14. The Morgan fingerprint density at radius 3 is 2.47 bits per heavy atom. The number of nitrogens with zero attached hydrogens (tertiary/aromatic N) is 2. The highest BCUT2D eigenvalue weighted by molar-refractivity contribution is 7.88. The molecule has 0 bridgehead atoms. The molecule has 1 fully saturated rings. The van der Waals surface area contributed by atoms with Gasteiger partial charge in [-0.25, -0.2) is 17.9 Å². The van der Waals surface area contributed by atoms with Crippen molar-refractivity contribution in [2.75, 3.05) is 25.2 Å². The molecule has 0 radical (unpaired) electrons. The number of imidazole rings is 1. The zero-order valence-corrected chi connectivity index (χ0v) is 22.5. The van der Waals surface area contributed by atoms with Gasteiger partial charge in [0.15, 0.2) is 0 Å². The molecule has 0 spiro atoms. The van der Waals surface area contributed by atoms with Gasteiger partial charge in [-0.2, -0.15) is 0 Å². The van der Waals surface area contributed by atoms with Crippen LogP contribution in [0.15, 0.2) is 41.2 Å². The van der Waals surface area contributed by atoms with Crippen LogP contribution in [-0.2, 0) is 21.4 Å². The summed E-state index contributed by atoms with van der Waals surface area (Å²) >= 11 is 0. The molecule has 38 heavy (non-hydrogen) atoms. The maximum atomic E-state index is 13.6. The summed E-state index contributed by atoms with van der Waals surface area (Å²) in [6.07, 6.45) is 3.40. The molecule has 0 aliphatic heterocycles. The van der Waals surface area contributed by atoms with E-state index >= 15 is 0 Å². The van der Waals surface area contributed by atoms with Crippen molar-refractivity contribution >= 4 is 38.6 Å². The topological polar surface area (TPSA) is 155 Å². The van der Waals surface area contributed by atoms with Crippen LogP contribution in [-0.4, -0.2) is 49.3 Å². The molecule has 4 N–H and O–H groups in total. The second-order valence-corrected chi connectivity index (χ2v) is 11.5. The van der Waals surface area contributed by atoms with Crippen molar-refractivity contribution in [3.8, 4) is 5.75 Å².